The van der Waals surface area contributed by atoms with E-state index in [0.29, 0.717) is 5.92 Å². The van der Waals surface area contributed by atoms with Gasteiger partial charge in [-0.1, -0.05) is 27.4 Å². The third-order valence-corrected chi connectivity index (χ3v) is 4.75. The van der Waals surface area contributed by atoms with Gasteiger partial charge in [0.25, 0.3) is 0 Å². The minimum atomic E-state index is -0.314. The van der Waals surface area contributed by atoms with Gasteiger partial charge in [0.1, 0.15) is 6.10 Å². The number of piperidine rings is 1. The first-order valence-electron chi connectivity index (χ1n) is 6.92. The summed E-state index contributed by atoms with van der Waals surface area (Å²) in [5.74, 6) is -0.0170. The lowest BCUT2D eigenvalue weighted by Crippen LogP contribution is -2.66. The molecule has 1 heterocycles. The van der Waals surface area contributed by atoms with Gasteiger partial charge in [-0.15, -0.1) is 0 Å². The van der Waals surface area contributed by atoms with E-state index in [1.807, 2.05) is 0 Å². The first-order chi connectivity index (χ1) is 8.30. The van der Waals surface area contributed by atoms with Crippen molar-refractivity contribution in [3.05, 3.63) is 12.7 Å². The van der Waals surface area contributed by atoms with E-state index in [1.165, 1.54) is 6.08 Å². The van der Waals surface area contributed by atoms with Crippen molar-refractivity contribution in [1.82, 2.24) is 5.32 Å². The highest BCUT2D eigenvalue weighted by molar-refractivity contribution is 5.81. The molecule has 0 aromatic rings. The molecule has 1 N–H and O–H groups in total. The monoisotopic (exact) mass is 253 g/mol. The Morgan fingerprint density at radius 2 is 2.06 bits per heavy atom. The molecular weight excluding hydrogens is 226 g/mol. The summed E-state index contributed by atoms with van der Waals surface area (Å²) >= 11 is 0. The fraction of sp³-hybridized carbons (Fsp3) is 0.800. The second-order valence-electron chi connectivity index (χ2n) is 5.98. The van der Waals surface area contributed by atoms with Gasteiger partial charge in [0, 0.05) is 29.5 Å². The van der Waals surface area contributed by atoms with E-state index >= 15 is 0 Å². The topological polar surface area (TPSA) is 38.3 Å². The molecule has 1 aliphatic rings. The predicted molar refractivity (Wildman–Crippen MR) is 74.4 cm³/mol. The lowest BCUT2D eigenvalue weighted by molar-refractivity contribution is -0.152. The number of rotatable bonds is 4. The molecule has 3 nitrogen and oxygen atoms in total. The Morgan fingerprint density at radius 3 is 2.50 bits per heavy atom. The second kappa shape index (κ2) is 5.43. The molecule has 4 atom stereocenters. The molecule has 0 bridgehead atoms. The Labute approximate surface area is 111 Å². The van der Waals surface area contributed by atoms with Gasteiger partial charge >= 0.3 is 5.97 Å². The van der Waals surface area contributed by atoms with Crippen LogP contribution in [0.15, 0.2) is 12.7 Å². The van der Waals surface area contributed by atoms with Crippen LogP contribution in [0.3, 0.4) is 0 Å². The van der Waals surface area contributed by atoms with Crippen molar-refractivity contribution in [1.29, 1.82) is 0 Å². The molecule has 1 aliphatic heterocycles. The number of hydrogen-bond donors (Lipinski definition) is 1. The maximum atomic E-state index is 11.5. The Bertz CT molecular complexity index is 328. The largest absolute Gasteiger partial charge is 0.459 e. The molecule has 1 fully saturated rings. The van der Waals surface area contributed by atoms with Crippen LogP contribution in [-0.4, -0.2) is 23.2 Å². The number of nitrogens with one attached hydrogen (secondary N) is 1. The summed E-state index contributed by atoms with van der Waals surface area (Å²) in [5.41, 5.74) is 0.0402. The van der Waals surface area contributed by atoms with Crippen molar-refractivity contribution >= 4 is 5.97 Å². The van der Waals surface area contributed by atoms with Crippen LogP contribution in [0.1, 0.15) is 53.9 Å². The second-order valence-corrected chi connectivity index (χ2v) is 5.98. The SMILES string of the molecule is C=CC(=O)OC1CC(C)(CC)NC(C)(CC)C1C. The average molecular weight is 253 g/mol. The summed E-state index contributed by atoms with van der Waals surface area (Å²) in [6, 6.07) is 0. The average Bonchev–Trinajstić information content (AvgIpc) is 2.35. The zero-order valence-electron chi connectivity index (χ0n) is 12.4. The maximum Gasteiger partial charge on any atom is 0.330 e. The summed E-state index contributed by atoms with van der Waals surface area (Å²) in [7, 11) is 0. The van der Waals surface area contributed by atoms with Gasteiger partial charge in [-0.05, 0) is 26.7 Å². The number of carbonyl (C=O) groups excluding carboxylic acids is 1. The molecule has 0 aromatic heterocycles. The van der Waals surface area contributed by atoms with Crippen LogP contribution in [-0.2, 0) is 9.53 Å². The van der Waals surface area contributed by atoms with Crippen LogP contribution in [0.2, 0.25) is 0 Å². The van der Waals surface area contributed by atoms with Gasteiger partial charge in [-0.25, -0.2) is 4.79 Å². The van der Waals surface area contributed by atoms with Crippen molar-refractivity contribution < 1.29 is 9.53 Å². The molecule has 0 radical (unpaired) electrons. The summed E-state index contributed by atoms with van der Waals surface area (Å²) in [5, 5.41) is 3.76. The van der Waals surface area contributed by atoms with Crippen LogP contribution in [0.5, 0.6) is 0 Å². The minimum absolute atomic E-state index is 0.00905. The van der Waals surface area contributed by atoms with Gasteiger partial charge in [-0.2, -0.15) is 0 Å². The van der Waals surface area contributed by atoms with Gasteiger partial charge in [-0.3, -0.25) is 0 Å². The summed E-state index contributed by atoms with van der Waals surface area (Å²) in [4.78, 5) is 11.5. The van der Waals surface area contributed by atoms with E-state index in [0.717, 1.165) is 19.3 Å². The van der Waals surface area contributed by atoms with Crippen molar-refractivity contribution in [2.75, 3.05) is 0 Å². The summed E-state index contributed by atoms with van der Waals surface area (Å²) in [6.07, 6.45) is 4.12. The van der Waals surface area contributed by atoms with Gasteiger partial charge in [0.2, 0.25) is 0 Å². The van der Waals surface area contributed by atoms with Gasteiger partial charge in [0.05, 0.1) is 0 Å². The highest BCUT2D eigenvalue weighted by atomic mass is 16.5. The van der Waals surface area contributed by atoms with Crippen LogP contribution in [0, 0.1) is 5.92 Å². The standard InChI is InChI=1S/C15H27NO2/c1-7-13(17)18-12-10-14(5,8-2)16-15(6,9-3)11(12)4/h7,11-12,16H,1,8-10H2,2-6H3. The molecule has 4 unspecified atom stereocenters. The highest BCUT2D eigenvalue weighted by Crippen LogP contribution is 2.38. The normalized spacial score (nSPS) is 40.3. The molecule has 0 aliphatic carbocycles. The van der Waals surface area contributed by atoms with Gasteiger partial charge < -0.3 is 10.1 Å². The highest BCUT2D eigenvalue weighted by Gasteiger charge is 2.47. The molecule has 18 heavy (non-hydrogen) atoms. The van der Waals surface area contributed by atoms with Gasteiger partial charge in [0.15, 0.2) is 0 Å². The molecule has 0 spiro atoms. The lowest BCUT2D eigenvalue weighted by atomic mass is 9.70. The fourth-order valence-corrected chi connectivity index (χ4v) is 2.87. The van der Waals surface area contributed by atoms with Crippen molar-refractivity contribution in [3.63, 3.8) is 0 Å². The van der Waals surface area contributed by atoms with Crippen molar-refractivity contribution in [2.24, 2.45) is 5.92 Å². The first-order valence-corrected chi connectivity index (χ1v) is 6.92. The van der Waals surface area contributed by atoms with E-state index in [2.05, 4.69) is 46.5 Å². The number of hydrogen-bond acceptors (Lipinski definition) is 3. The van der Waals surface area contributed by atoms with E-state index in [9.17, 15) is 4.79 Å². The van der Waals surface area contributed by atoms with Crippen molar-refractivity contribution in [3.8, 4) is 0 Å². The molecule has 0 saturated carbocycles. The third-order valence-electron chi connectivity index (χ3n) is 4.75. The first kappa shape index (κ1) is 15.2. The van der Waals surface area contributed by atoms with E-state index in [1.54, 1.807) is 0 Å². The van der Waals surface area contributed by atoms with E-state index in [-0.39, 0.29) is 23.2 Å². The Balaban J connectivity index is 2.95. The Morgan fingerprint density at radius 1 is 1.44 bits per heavy atom. The quantitative estimate of drug-likeness (QED) is 0.618. The zero-order valence-corrected chi connectivity index (χ0v) is 12.4. The third kappa shape index (κ3) is 2.94. The fourth-order valence-electron chi connectivity index (χ4n) is 2.87. The summed E-state index contributed by atoms with van der Waals surface area (Å²) < 4.78 is 5.55. The Hall–Kier alpha value is -0.830. The van der Waals surface area contributed by atoms with Crippen LogP contribution < -0.4 is 5.32 Å². The Kier molecular flexibility index (Phi) is 4.60. The smallest absolute Gasteiger partial charge is 0.330 e. The molecule has 1 saturated heterocycles. The lowest BCUT2D eigenvalue weighted by Gasteiger charge is -2.52. The van der Waals surface area contributed by atoms with Crippen LogP contribution >= 0.6 is 0 Å². The summed E-state index contributed by atoms with van der Waals surface area (Å²) in [6.45, 7) is 14.4. The van der Waals surface area contributed by atoms with E-state index < -0.39 is 0 Å². The number of ether oxygens (including phenoxy) is 1. The molecule has 0 aromatic carbocycles. The molecule has 1 rings (SSSR count). The number of carbonyl (C=O) groups is 1. The van der Waals surface area contributed by atoms with E-state index in [4.69, 9.17) is 4.74 Å². The molecule has 0 amide bonds. The molecule has 104 valence electrons. The minimum Gasteiger partial charge on any atom is -0.459 e. The molecule has 3 heteroatoms. The number of esters is 1. The van der Waals surface area contributed by atoms with Crippen LogP contribution in [0.25, 0.3) is 0 Å². The maximum absolute atomic E-state index is 11.5. The zero-order chi connectivity index (χ0) is 14.0. The van der Waals surface area contributed by atoms with Crippen molar-refractivity contribution in [2.45, 2.75) is 71.1 Å². The molecular formula is C15H27NO2. The predicted octanol–water partition coefficient (Wildman–Crippen LogP) is 3.05. The van der Waals surface area contributed by atoms with Crippen LogP contribution in [0.4, 0.5) is 0 Å².